The van der Waals surface area contributed by atoms with E-state index in [1.165, 1.54) is 7.05 Å². The summed E-state index contributed by atoms with van der Waals surface area (Å²) in [5.74, 6) is -1.42. The van der Waals surface area contributed by atoms with Gasteiger partial charge in [-0.2, -0.15) is 4.21 Å². The summed E-state index contributed by atoms with van der Waals surface area (Å²) in [5.41, 5.74) is 0.518. The number of para-hydroxylation sites is 1. The maximum absolute atomic E-state index is 12.0. The third kappa shape index (κ3) is 3.73. The van der Waals surface area contributed by atoms with Gasteiger partial charge in [0.25, 0.3) is 0 Å². The van der Waals surface area contributed by atoms with Crippen molar-refractivity contribution < 1.29 is 18.5 Å². The fourth-order valence-electron chi connectivity index (χ4n) is 1.29. The molecule has 0 radical (unpaired) electrons. The largest absolute Gasteiger partial charge is 0.447 e. The summed E-state index contributed by atoms with van der Waals surface area (Å²) in [4.78, 5) is 23.1. The summed E-state index contributed by atoms with van der Waals surface area (Å²) in [6, 6.07) is 8.53. The zero-order valence-corrected chi connectivity index (χ0v) is 11.9. The quantitative estimate of drug-likeness (QED) is 0.385. The van der Waals surface area contributed by atoms with Gasteiger partial charge in [-0.3, -0.25) is 0 Å². The van der Waals surface area contributed by atoms with Gasteiger partial charge >= 0.3 is 11.9 Å². The Hall–Kier alpha value is -1.50. The van der Waals surface area contributed by atoms with E-state index in [0.717, 1.165) is 0 Å². The molecule has 7 heteroatoms. The van der Waals surface area contributed by atoms with Gasteiger partial charge in [-0.25, -0.2) is 9.59 Å². The molecule has 102 valence electrons. The molecule has 1 amide bonds. The van der Waals surface area contributed by atoms with Crippen LogP contribution in [0.5, 0.6) is 0 Å². The fraction of sp³-hybridized carbons (Fsp3) is 0.167. The standard InChI is InChI=1S/C12H13ClNO4S/c1-9(13)12(16)18-8-11(15)14(2,19-17)10-6-4-3-5-7-10/h3-7,19H,1,8H2,2H3/q+1/t14-/m0/s1. The molecule has 0 unspecified atom stereocenters. The first-order chi connectivity index (χ1) is 8.91. The smallest absolute Gasteiger partial charge is 0.369 e. The molecule has 0 fully saturated rings. The predicted molar refractivity (Wildman–Crippen MR) is 74.7 cm³/mol. The van der Waals surface area contributed by atoms with Crippen molar-refractivity contribution in [3.05, 3.63) is 41.9 Å². The lowest BCUT2D eigenvalue weighted by atomic mass is 10.3. The number of halogens is 1. The summed E-state index contributed by atoms with van der Waals surface area (Å²) in [6.45, 7) is 2.65. The van der Waals surface area contributed by atoms with Gasteiger partial charge in [-0.1, -0.05) is 36.4 Å². The number of esters is 1. The molecule has 1 rings (SSSR count). The summed E-state index contributed by atoms with van der Waals surface area (Å²) in [7, 11) is 1.45. The van der Waals surface area contributed by atoms with E-state index < -0.39 is 34.2 Å². The van der Waals surface area contributed by atoms with Crippen LogP contribution in [0.3, 0.4) is 0 Å². The van der Waals surface area contributed by atoms with Gasteiger partial charge in [0.05, 0.1) is 7.05 Å². The van der Waals surface area contributed by atoms with Gasteiger partial charge < -0.3 is 4.74 Å². The van der Waals surface area contributed by atoms with Crippen molar-refractivity contribution in [2.45, 2.75) is 0 Å². The van der Waals surface area contributed by atoms with Gasteiger partial charge in [0.1, 0.15) is 5.03 Å². The van der Waals surface area contributed by atoms with Crippen molar-refractivity contribution in [1.29, 1.82) is 0 Å². The summed E-state index contributed by atoms with van der Waals surface area (Å²) < 4.78 is 15.4. The number of ether oxygens (including phenoxy) is 1. The molecule has 1 aromatic carbocycles. The molecule has 0 aliphatic heterocycles. The average molecular weight is 303 g/mol. The highest BCUT2D eigenvalue weighted by molar-refractivity contribution is 7.66. The van der Waals surface area contributed by atoms with E-state index in [4.69, 9.17) is 11.6 Å². The maximum atomic E-state index is 12.0. The van der Waals surface area contributed by atoms with Crippen LogP contribution in [-0.4, -0.2) is 29.7 Å². The second kappa shape index (κ2) is 6.60. The van der Waals surface area contributed by atoms with Crippen molar-refractivity contribution in [3.63, 3.8) is 0 Å². The first-order valence-corrected chi connectivity index (χ1v) is 6.38. The number of carbonyl (C=O) groups is 2. The van der Waals surface area contributed by atoms with Crippen LogP contribution < -0.4 is 3.89 Å². The summed E-state index contributed by atoms with van der Waals surface area (Å²) in [5, 5.41) is -0.318. The number of quaternary nitrogens is 1. The third-order valence-electron chi connectivity index (χ3n) is 2.46. The van der Waals surface area contributed by atoms with E-state index in [-0.39, 0.29) is 5.03 Å². The van der Waals surface area contributed by atoms with Crippen LogP contribution in [0.4, 0.5) is 5.69 Å². The highest BCUT2D eigenvalue weighted by Gasteiger charge is 2.35. The highest BCUT2D eigenvalue weighted by atomic mass is 35.5. The molecule has 0 saturated heterocycles. The zero-order chi connectivity index (χ0) is 14.5. The lowest BCUT2D eigenvalue weighted by Crippen LogP contribution is -2.49. The minimum absolute atomic E-state index is 0.318. The lowest BCUT2D eigenvalue weighted by Gasteiger charge is -2.23. The molecular weight excluding hydrogens is 290 g/mol. The third-order valence-corrected chi connectivity index (χ3v) is 3.39. The molecular formula is C12H13ClNO4S+. The van der Waals surface area contributed by atoms with Crippen LogP contribution in [0.25, 0.3) is 0 Å². The van der Waals surface area contributed by atoms with Crippen LogP contribution in [0.2, 0.25) is 0 Å². The minimum atomic E-state index is -0.878. The molecule has 5 nitrogen and oxygen atoms in total. The number of likely N-dealkylation sites (N-methyl/N-ethyl adjacent to an activating group) is 1. The Morgan fingerprint density at radius 1 is 1.37 bits per heavy atom. The second-order valence-electron chi connectivity index (χ2n) is 3.75. The first kappa shape index (κ1) is 15.6. The number of hydrogen-bond acceptors (Lipinski definition) is 4. The molecule has 0 aromatic heterocycles. The summed E-state index contributed by atoms with van der Waals surface area (Å²) in [6.07, 6.45) is 0. The monoisotopic (exact) mass is 302 g/mol. The van der Waals surface area contributed by atoms with E-state index in [1.54, 1.807) is 30.3 Å². The fourth-order valence-corrected chi connectivity index (χ4v) is 1.72. The number of amides is 1. The van der Waals surface area contributed by atoms with Crippen LogP contribution >= 0.6 is 11.6 Å². The topological polar surface area (TPSA) is 60.4 Å². The van der Waals surface area contributed by atoms with Gasteiger partial charge in [0.15, 0.2) is 5.69 Å². The van der Waals surface area contributed by atoms with E-state index in [1.807, 2.05) is 0 Å². The lowest BCUT2D eigenvalue weighted by molar-refractivity contribution is -0.145. The number of carbonyl (C=O) groups excluding carboxylic acids is 2. The Kier molecular flexibility index (Phi) is 5.41. The van der Waals surface area contributed by atoms with E-state index >= 15 is 0 Å². The van der Waals surface area contributed by atoms with E-state index in [2.05, 4.69) is 11.3 Å². The van der Waals surface area contributed by atoms with E-state index in [0.29, 0.717) is 5.69 Å². The van der Waals surface area contributed by atoms with E-state index in [9.17, 15) is 13.8 Å². The molecule has 0 heterocycles. The van der Waals surface area contributed by atoms with Crippen LogP contribution in [0.15, 0.2) is 41.9 Å². The first-order valence-electron chi connectivity index (χ1n) is 5.23. The normalized spacial score (nSPS) is 13.4. The average Bonchev–Trinajstić information content (AvgIpc) is 2.44. The van der Waals surface area contributed by atoms with Gasteiger partial charge in [-0.15, -0.1) is 3.89 Å². The number of rotatable bonds is 5. The second-order valence-corrected chi connectivity index (χ2v) is 5.17. The van der Waals surface area contributed by atoms with Crippen LogP contribution in [-0.2, 0) is 26.2 Å². The van der Waals surface area contributed by atoms with Crippen molar-refractivity contribution in [3.8, 4) is 0 Å². The molecule has 0 bridgehead atoms. The Labute approximate surface area is 119 Å². The van der Waals surface area contributed by atoms with Gasteiger partial charge in [0, 0.05) is 12.1 Å². The SMILES string of the molecule is C=C(Cl)C(=O)OCC(=O)[N@@+](C)([SH]=O)c1ccccc1. The molecule has 0 saturated carbocycles. The Balaban J connectivity index is 2.86. The molecule has 0 N–H and O–H groups in total. The molecule has 1 atom stereocenters. The molecule has 19 heavy (non-hydrogen) atoms. The van der Waals surface area contributed by atoms with Crippen LogP contribution in [0, 0.1) is 0 Å². The molecule has 0 aliphatic rings. The van der Waals surface area contributed by atoms with Crippen LogP contribution in [0.1, 0.15) is 0 Å². The van der Waals surface area contributed by atoms with Gasteiger partial charge in [-0.05, 0) is 0 Å². The van der Waals surface area contributed by atoms with Gasteiger partial charge in [0.2, 0.25) is 18.5 Å². The Morgan fingerprint density at radius 2 is 1.95 bits per heavy atom. The number of nitrogens with zero attached hydrogens (tertiary/aromatic N) is 1. The summed E-state index contributed by atoms with van der Waals surface area (Å²) >= 11 is 4.89. The Bertz CT molecular complexity index is 520. The Morgan fingerprint density at radius 3 is 2.42 bits per heavy atom. The number of hydrogen-bond donors (Lipinski definition) is 1. The molecule has 0 aliphatic carbocycles. The highest BCUT2D eigenvalue weighted by Crippen LogP contribution is 2.20. The van der Waals surface area contributed by atoms with Crippen molar-refractivity contribution >= 4 is 41.0 Å². The minimum Gasteiger partial charge on any atom is -0.447 e. The van der Waals surface area contributed by atoms with Crippen molar-refractivity contribution in [2.75, 3.05) is 13.7 Å². The number of benzene rings is 1. The molecule has 0 spiro atoms. The van der Waals surface area contributed by atoms with Crippen molar-refractivity contribution in [2.24, 2.45) is 0 Å². The number of thiol groups is 1. The zero-order valence-electron chi connectivity index (χ0n) is 10.2. The van der Waals surface area contributed by atoms with Crippen molar-refractivity contribution in [1.82, 2.24) is 3.89 Å². The predicted octanol–water partition coefficient (Wildman–Crippen LogP) is 1.31. The maximum Gasteiger partial charge on any atom is 0.369 e. The molecule has 1 aromatic rings.